The molecule has 0 aliphatic heterocycles. The first-order chi connectivity index (χ1) is 9.77. The predicted octanol–water partition coefficient (Wildman–Crippen LogP) is 6.23. The van der Waals surface area contributed by atoms with Crippen molar-refractivity contribution in [1.82, 2.24) is 0 Å². The summed E-state index contributed by atoms with van der Waals surface area (Å²) in [5.74, 6) is 0. The van der Waals surface area contributed by atoms with E-state index in [9.17, 15) is 0 Å². The van der Waals surface area contributed by atoms with Gasteiger partial charge in [0, 0.05) is 16.2 Å². The largest absolute Gasteiger partial charge is 0.378 e. The quantitative estimate of drug-likeness (QED) is 0.695. The molecule has 0 bridgehead atoms. The lowest BCUT2D eigenvalue weighted by molar-refractivity contribution is 0.589. The first kappa shape index (κ1) is 16.1. The van der Waals surface area contributed by atoms with E-state index in [2.05, 4.69) is 98.3 Å². The van der Waals surface area contributed by atoms with Crippen LogP contribution in [0.4, 0.5) is 5.69 Å². The van der Waals surface area contributed by atoms with Crippen LogP contribution >= 0.6 is 15.9 Å². The van der Waals surface area contributed by atoms with E-state index in [-0.39, 0.29) is 11.5 Å². The highest BCUT2D eigenvalue weighted by Crippen LogP contribution is 2.29. The second kappa shape index (κ2) is 6.23. The normalized spacial score (nSPS) is 13.0. The zero-order valence-electron chi connectivity index (χ0n) is 13.5. The number of nitrogens with one attached hydrogen (secondary N) is 1. The molecule has 0 radical (unpaired) electrons. The zero-order valence-corrected chi connectivity index (χ0v) is 15.1. The summed E-state index contributed by atoms with van der Waals surface area (Å²) in [5.41, 5.74) is 5.27. The van der Waals surface area contributed by atoms with E-state index >= 15 is 0 Å². The Bertz CT molecular complexity index is 608. The molecule has 0 aliphatic rings. The molecular weight excluding hydrogens is 322 g/mol. The molecule has 2 aromatic carbocycles. The predicted molar refractivity (Wildman–Crippen MR) is 96.1 cm³/mol. The summed E-state index contributed by atoms with van der Waals surface area (Å²) in [6.45, 7) is 11.0. The summed E-state index contributed by atoms with van der Waals surface area (Å²) in [7, 11) is 0. The van der Waals surface area contributed by atoms with Gasteiger partial charge in [-0.3, -0.25) is 0 Å². The van der Waals surface area contributed by atoms with Crippen molar-refractivity contribution in [3.05, 3.63) is 63.6 Å². The lowest BCUT2D eigenvalue weighted by Gasteiger charge is -2.21. The summed E-state index contributed by atoms with van der Waals surface area (Å²) in [6.07, 6.45) is 0. The average molecular weight is 346 g/mol. The number of hydrogen-bond donors (Lipinski definition) is 1. The van der Waals surface area contributed by atoms with E-state index in [1.54, 1.807) is 0 Å². The Kier molecular flexibility index (Phi) is 4.77. The van der Waals surface area contributed by atoms with E-state index < -0.39 is 0 Å². The number of benzene rings is 2. The van der Waals surface area contributed by atoms with Crippen molar-refractivity contribution in [2.24, 2.45) is 0 Å². The van der Waals surface area contributed by atoms with Gasteiger partial charge < -0.3 is 5.32 Å². The van der Waals surface area contributed by atoms with E-state index in [1.807, 2.05) is 0 Å². The van der Waals surface area contributed by atoms with E-state index in [0.717, 1.165) is 10.2 Å². The number of rotatable bonds is 3. The monoisotopic (exact) mass is 345 g/mol. The maximum Gasteiger partial charge on any atom is 0.0489 e. The second-order valence-electron chi connectivity index (χ2n) is 6.72. The van der Waals surface area contributed by atoms with E-state index in [0.29, 0.717) is 0 Å². The molecule has 0 saturated heterocycles. The second-order valence-corrected chi connectivity index (χ2v) is 7.58. The van der Waals surface area contributed by atoms with Crippen LogP contribution in [-0.2, 0) is 5.41 Å². The van der Waals surface area contributed by atoms with Gasteiger partial charge in [0.1, 0.15) is 0 Å². The van der Waals surface area contributed by atoms with Crippen LogP contribution in [0.2, 0.25) is 0 Å². The molecule has 0 aromatic heterocycles. The van der Waals surface area contributed by atoms with Crippen molar-refractivity contribution in [2.75, 3.05) is 5.32 Å². The molecule has 0 saturated carbocycles. The van der Waals surface area contributed by atoms with Gasteiger partial charge in [0.15, 0.2) is 0 Å². The highest BCUT2D eigenvalue weighted by atomic mass is 79.9. The van der Waals surface area contributed by atoms with Gasteiger partial charge in [0.2, 0.25) is 0 Å². The molecule has 1 N–H and O–H groups in total. The first-order valence-corrected chi connectivity index (χ1v) is 8.20. The standard InChI is InChI=1S/C19H24BrN/c1-13-6-11-18(17(20)12-13)21-14(2)15-7-9-16(10-8-15)19(3,4)5/h6-12,14,21H,1-5H3. The van der Waals surface area contributed by atoms with Crippen LogP contribution < -0.4 is 5.32 Å². The molecule has 2 aromatic rings. The van der Waals surface area contributed by atoms with Gasteiger partial charge >= 0.3 is 0 Å². The fourth-order valence-electron chi connectivity index (χ4n) is 2.33. The fourth-order valence-corrected chi connectivity index (χ4v) is 2.93. The molecule has 0 amide bonds. The Balaban J connectivity index is 2.15. The molecule has 0 aliphatic carbocycles. The Morgan fingerprint density at radius 3 is 2.14 bits per heavy atom. The molecule has 0 fully saturated rings. The van der Waals surface area contributed by atoms with Crippen LogP contribution in [0, 0.1) is 6.92 Å². The summed E-state index contributed by atoms with van der Waals surface area (Å²) >= 11 is 3.62. The van der Waals surface area contributed by atoms with Gasteiger partial charge in [0.25, 0.3) is 0 Å². The third kappa shape index (κ3) is 4.10. The molecule has 2 rings (SSSR count). The van der Waals surface area contributed by atoms with Gasteiger partial charge in [-0.1, -0.05) is 51.1 Å². The fraction of sp³-hybridized carbons (Fsp3) is 0.368. The lowest BCUT2D eigenvalue weighted by atomic mass is 9.86. The zero-order chi connectivity index (χ0) is 15.6. The van der Waals surface area contributed by atoms with Crippen LogP contribution in [0.5, 0.6) is 0 Å². The maximum atomic E-state index is 3.62. The Labute approximate surface area is 136 Å². The Morgan fingerprint density at radius 2 is 1.62 bits per heavy atom. The lowest BCUT2D eigenvalue weighted by Crippen LogP contribution is -2.12. The van der Waals surface area contributed by atoms with Crippen LogP contribution in [0.15, 0.2) is 46.9 Å². The van der Waals surface area contributed by atoms with Crippen LogP contribution in [0.1, 0.15) is 50.4 Å². The number of anilines is 1. The van der Waals surface area contributed by atoms with Crippen LogP contribution in [0.3, 0.4) is 0 Å². The van der Waals surface area contributed by atoms with Crippen molar-refractivity contribution < 1.29 is 0 Å². The highest BCUT2D eigenvalue weighted by molar-refractivity contribution is 9.10. The summed E-state index contributed by atoms with van der Waals surface area (Å²) < 4.78 is 1.11. The molecule has 0 heterocycles. The molecule has 1 nitrogen and oxygen atoms in total. The first-order valence-electron chi connectivity index (χ1n) is 7.40. The SMILES string of the molecule is Cc1ccc(NC(C)c2ccc(C(C)(C)C)cc2)c(Br)c1. The molecule has 2 heteroatoms. The smallest absolute Gasteiger partial charge is 0.0489 e. The minimum Gasteiger partial charge on any atom is -0.378 e. The average Bonchev–Trinajstić information content (AvgIpc) is 2.41. The molecule has 1 unspecified atom stereocenters. The van der Waals surface area contributed by atoms with Crippen molar-refractivity contribution >= 4 is 21.6 Å². The molecular formula is C19H24BrN. The van der Waals surface area contributed by atoms with Crippen LogP contribution in [-0.4, -0.2) is 0 Å². The minimum atomic E-state index is 0.204. The molecule has 0 spiro atoms. The third-order valence-corrected chi connectivity index (χ3v) is 4.43. The topological polar surface area (TPSA) is 12.0 Å². The third-order valence-electron chi connectivity index (χ3n) is 3.77. The Morgan fingerprint density at radius 1 is 1.00 bits per heavy atom. The van der Waals surface area contributed by atoms with Gasteiger partial charge in [-0.25, -0.2) is 0 Å². The molecule has 1 atom stereocenters. The van der Waals surface area contributed by atoms with E-state index in [4.69, 9.17) is 0 Å². The minimum absolute atomic E-state index is 0.204. The number of halogens is 1. The van der Waals surface area contributed by atoms with Crippen molar-refractivity contribution in [1.29, 1.82) is 0 Å². The van der Waals surface area contributed by atoms with Gasteiger partial charge in [-0.15, -0.1) is 0 Å². The highest BCUT2D eigenvalue weighted by Gasteiger charge is 2.14. The van der Waals surface area contributed by atoms with Crippen molar-refractivity contribution in [3.63, 3.8) is 0 Å². The van der Waals surface area contributed by atoms with Gasteiger partial charge in [-0.05, 0) is 64.0 Å². The van der Waals surface area contributed by atoms with Crippen molar-refractivity contribution in [2.45, 2.75) is 46.1 Å². The van der Waals surface area contributed by atoms with Gasteiger partial charge in [-0.2, -0.15) is 0 Å². The number of aryl methyl sites for hydroxylation is 1. The Hall–Kier alpha value is -1.28. The molecule has 112 valence electrons. The van der Waals surface area contributed by atoms with Gasteiger partial charge in [0.05, 0.1) is 0 Å². The maximum absolute atomic E-state index is 3.62. The van der Waals surface area contributed by atoms with Crippen molar-refractivity contribution in [3.8, 4) is 0 Å². The molecule has 21 heavy (non-hydrogen) atoms. The van der Waals surface area contributed by atoms with E-state index in [1.165, 1.54) is 16.7 Å². The van der Waals surface area contributed by atoms with Crippen LogP contribution in [0.25, 0.3) is 0 Å². The summed E-state index contributed by atoms with van der Waals surface area (Å²) in [6, 6.07) is 15.6. The summed E-state index contributed by atoms with van der Waals surface area (Å²) in [5, 5.41) is 3.56. The summed E-state index contributed by atoms with van der Waals surface area (Å²) in [4.78, 5) is 0. The number of hydrogen-bond acceptors (Lipinski definition) is 1.